The van der Waals surface area contributed by atoms with E-state index in [1.807, 2.05) is 30.3 Å². The molecule has 6 heteroatoms. The molecule has 0 saturated carbocycles. The van der Waals surface area contributed by atoms with E-state index in [2.05, 4.69) is 25.5 Å². The number of fused-ring (bicyclic) bond motifs is 1. The van der Waals surface area contributed by atoms with Gasteiger partial charge in [-0.3, -0.25) is 0 Å². The van der Waals surface area contributed by atoms with Crippen molar-refractivity contribution in [3.63, 3.8) is 0 Å². The molecule has 3 rings (SSSR count). The Morgan fingerprint density at radius 3 is 2.89 bits per heavy atom. The number of hydrogen-bond donors (Lipinski definition) is 3. The van der Waals surface area contributed by atoms with Gasteiger partial charge in [0.1, 0.15) is 5.82 Å². The first-order valence-electron chi connectivity index (χ1n) is 6.08. The van der Waals surface area contributed by atoms with E-state index in [1.54, 1.807) is 6.33 Å². The van der Waals surface area contributed by atoms with Crippen LogP contribution in [0.1, 0.15) is 0 Å². The number of H-pyrrole nitrogens is 1. The molecule has 0 amide bonds. The highest BCUT2D eigenvalue weighted by Crippen LogP contribution is 2.21. The number of rotatable bonds is 4. The number of benzene rings is 1. The Morgan fingerprint density at radius 1 is 1.16 bits per heavy atom. The zero-order valence-electron chi connectivity index (χ0n) is 10.3. The van der Waals surface area contributed by atoms with Gasteiger partial charge in [0.2, 0.25) is 0 Å². The summed E-state index contributed by atoms with van der Waals surface area (Å²) in [5.74, 6) is 0.733. The number of hydrogen-bond acceptors (Lipinski definition) is 5. The van der Waals surface area contributed by atoms with E-state index in [9.17, 15) is 0 Å². The quantitative estimate of drug-likeness (QED) is 0.654. The molecule has 96 valence electrons. The lowest BCUT2D eigenvalue weighted by atomic mass is 10.1. The molecule has 0 saturated heterocycles. The van der Waals surface area contributed by atoms with E-state index in [0.29, 0.717) is 13.1 Å². The average molecular weight is 254 g/mol. The number of nitrogens with zero attached hydrogens (tertiary/aromatic N) is 3. The highest BCUT2D eigenvalue weighted by atomic mass is 15.2. The number of nitrogens with two attached hydrogens (primary N) is 1. The maximum atomic E-state index is 5.42. The van der Waals surface area contributed by atoms with E-state index in [4.69, 9.17) is 5.73 Å². The van der Waals surface area contributed by atoms with Crippen LogP contribution in [-0.2, 0) is 0 Å². The highest BCUT2D eigenvalue weighted by molar-refractivity contribution is 5.80. The number of anilines is 1. The Kier molecular flexibility index (Phi) is 3.07. The lowest BCUT2D eigenvalue weighted by Gasteiger charge is -2.04. The molecule has 0 bridgehead atoms. The molecule has 2 heterocycles. The Labute approximate surface area is 110 Å². The molecule has 0 fully saturated rings. The van der Waals surface area contributed by atoms with Crippen LogP contribution in [0.4, 0.5) is 5.82 Å². The third kappa shape index (κ3) is 2.38. The van der Waals surface area contributed by atoms with Gasteiger partial charge in [-0.25, -0.2) is 4.98 Å². The van der Waals surface area contributed by atoms with Crippen molar-refractivity contribution in [2.45, 2.75) is 0 Å². The molecule has 2 aromatic heterocycles. The van der Waals surface area contributed by atoms with E-state index < -0.39 is 0 Å². The van der Waals surface area contributed by atoms with Crippen LogP contribution in [0.25, 0.3) is 22.3 Å². The minimum atomic E-state index is 0.569. The summed E-state index contributed by atoms with van der Waals surface area (Å²) in [6.07, 6.45) is 1.68. The fourth-order valence-electron chi connectivity index (χ4n) is 1.88. The van der Waals surface area contributed by atoms with Crippen LogP contribution in [0.2, 0.25) is 0 Å². The Balaban J connectivity index is 1.88. The standard InChI is InChI=1S/C13H14N6/c14-5-6-15-13-4-3-10(18-19-13)9-1-2-11-12(7-9)17-8-16-11/h1-4,7-8H,5-6,14H2,(H,15,19)(H,16,17). The Morgan fingerprint density at radius 2 is 2.11 bits per heavy atom. The maximum Gasteiger partial charge on any atom is 0.148 e. The predicted molar refractivity (Wildman–Crippen MR) is 74.7 cm³/mol. The molecule has 19 heavy (non-hydrogen) atoms. The molecule has 0 atom stereocenters. The monoisotopic (exact) mass is 254 g/mol. The van der Waals surface area contributed by atoms with Gasteiger partial charge in [-0.2, -0.15) is 0 Å². The van der Waals surface area contributed by atoms with Crippen LogP contribution in [0.5, 0.6) is 0 Å². The van der Waals surface area contributed by atoms with Crippen molar-refractivity contribution in [2.24, 2.45) is 5.73 Å². The molecular weight excluding hydrogens is 240 g/mol. The molecule has 0 unspecified atom stereocenters. The van der Waals surface area contributed by atoms with Crippen molar-refractivity contribution >= 4 is 16.9 Å². The maximum absolute atomic E-state index is 5.42. The number of aromatic nitrogens is 4. The summed E-state index contributed by atoms with van der Waals surface area (Å²) in [6, 6.07) is 9.79. The fraction of sp³-hybridized carbons (Fsp3) is 0.154. The van der Waals surface area contributed by atoms with Crippen molar-refractivity contribution in [3.05, 3.63) is 36.7 Å². The van der Waals surface area contributed by atoms with Gasteiger partial charge in [-0.1, -0.05) is 6.07 Å². The smallest absolute Gasteiger partial charge is 0.148 e. The number of imidazole rings is 1. The molecule has 0 radical (unpaired) electrons. The van der Waals surface area contributed by atoms with Crippen molar-refractivity contribution in [3.8, 4) is 11.3 Å². The first kappa shape index (κ1) is 11.6. The summed E-state index contributed by atoms with van der Waals surface area (Å²) in [4.78, 5) is 7.27. The largest absolute Gasteiger partial charge is 0.367 e. The first-order valence-corrected chi connectivity index (χ1v) is 6.08. The molecule has 0 aliphatic carbocycles. The van der Waals surface area contributed by atoms with Crippen LogP contribution in [0, 0.1) is 0 Å². The summed E-state index contributed by atoms with van der Waals surface area (Å²) in [7, 11) is 0. The fourth-order valence-corrected chi connectivity index (χ4v) is 1.88. The molecule has 0 aliphatic heterocycles. The van der Waals surface area contributed by atoms with E-state index >= 15 is 0 Å². The van der Waals surface area contributed by atoms with Crippen LogP contribution in [0.15, 0.2) is 36.7 Å². The van der Waals surface area contributed by atoms with Crippen molar-refractivity contribution < 1.29 is 0 Å². The second-order valence-electron chi connectivity index (χ2n) is 4.15. The summed E-state index contributed by atoms with van der Waals surface area (Å²) < 4.78 is 0. The second kappa shape index (κ2) is 5.03. The minimum Gasteiger partial charge on any atom is -0.367 e. The topological polar surface area (TPSA) is 92.5 Å². The first-order chi connectivity index (χ1) is 9.36. The van der Waals surface area contributed by atoms with E-state index in [0.717, 1.165) is 28.1 Å². The van der Waals surface area contributed by atoms with E-state index in [1.165, 1.54) is 0 Å². The SMILES string of the molecule is NCCNc1ccc(-c2ccc3nc[nH]c3c2)nn1. The third-order valence-electron chi connectivity index (χ3n) is 2.83. The number of aromatic amines is 1. The Bertz CT molecular complexity index is 673. The minimum absolute atomic E-state index is 0.569. The molecule has 0 aliphatic rings. The zero-order chi connectivity index (χ0) is 13.1. The van der Waals surface area contributed by atoms with Gasteiger partial charge in [0.25, 0.3) is 0 Å². The molecule has 6 nitrogen and oxygen atoms in total. The average Bonchev–Trinajstić information content (AvgIpc) is 2.93. The van der Waals surface area contributed by atoms with Gasteiger partial charge < -0.3 is 16.0 Å². The van der Waals surface area contributed by atoms with Gasteiger partial charge in [-0.05, 0) is 24.3 Å². The van der Waals surface area contributed by atoms with Gasteiger partial charge >= 0.3 is 0 Å². The normalized spacial score (nSPS) is 10.8. The van der Waals surface area contributed by atoms with Crippen LogP contribution >= 0.6 is 0 Å². The summed E-state index contributed by atoms with van der Waals surface area (Å²) >= 11 is 0. The summed E-state index contributed by atoms with van der Waals surface area (Å²) in [6.45, 7) is 1.26. The van der Waals surface area contributed by atoms with Gasteiger partial charge in [0, 0.05) is 18.7 Å². The third-order valence-corrected chi connectivity index (χ3v) is 2.83. The molecular formula is C13H14N6. The van der Waals surface area contributed by atoms with Crippen LogP contribution < -0.4 is 11.1 Å². The Hall–Kier alpha value is -2.47. The van der Waals surface area contributed by atoms with Crippen molar-refractivity contribution in [2.75, 3.05) is 18.4 Å². The lowest BCUT2D eigenvalue weighted by Crippen LogP contribution is -2.14. The second-order valence-corrected chi connectivity index (χ2v) is 4.15. The predicted octanol–water partition coefficient (Wildman–Crippen LogP) is 1.39. The zero-order valence-corrected chi connectivity index (χ0v) is 10.3. The molecule has 0 spiro atoms. The molecule has 1 aromatic carbocycles. The van der Waals surface area contributed by atoms with Gasteiger partial charge in [0.15, 0.2) is 0 Å². The van der Waals surface area contributed by atoms with Crippen molar-refractivity contribution in [1.29, 1.82) is 0 Å². The summed E-state index contributed by atoms with van der Waals surface area (Å²) in [5.41, 5.74) is 9.19. The molecule has 3 aromatic rings. The van der Waals surface area contributed by atoms with E-state index in [-0.39, 0.29) is 0 Å². The highest BCUT2D eigenvalue weighted by Gasteiger charge is 2.03. The summed E-state index contributed by atoms with van der Waals surface area (Å²) in [5, 5.41) is 11.4. The number of nitrogens with one attached hydrogen (secondary N) is 2. The lowest BCUT2D eigenvalue weighted by molar-refractivity contribution is 0.974. The van der Waals surface area contributed by atoms with Gasteiger partial charge in [0.05, 0.1) is 23.1 Å². The van der Waals surface area contributed by atoms with Crippen LogP contribution in [0.3, 0.4) is 0 Å². The van der Waals surface area contributed by atoms with Crippen molar-refractivity contribution in [1.82, 2.24) is 20.2 Å². The van der Waals surface area contributed by atoms with Gasteiger partial charge in [-0.15, -0.1) is 10.2 Å². The van der Waals surface area contributed by atoms with Crippen LogP contribution in [-0.4, -0.2) is 33.3 Å². The molecule has 4 N–H and O–H groups in total.